The van der Waals surface area contributed by atoms with E-state index in [1.165, 1.54) is 0 Å². The van der Waals surface area contributed by atoms with Gasteiger partial charge in [0.25, 0.3) is 0 Å². The van der Waals surface area contributed by atoms with Crippen LogP contribution in [0.1, 0.15) is 23.6 Å². The molecule has 150 valence electrons. The van der Waals surface area contributed by atoms with E-state index in [0.717, 1.165) is 5.56 Å². The summed E-state index contributed by atoms with van der Waals surface area (Å²) in [4.78, 5) is 12.7. The van der Waals surface area contributed by atoms with Crippen LogP contribution in [0.5, 0.6) is 0 Å². The van der Waals surface area contributed by atoms with E-state index in [4.69, 9.17) is 11.6 Å². The van der Waals surface area contributed by atoms with Crippen molar-refractivity contribution >= 4 is 33.2 Å². The van der Waals surface area contributed by atoms with Crippen LogP contribution in [-0.4, -0.2) is 14.3 Å². The van der Waals surface area contributed by atoms with E-state index in [9.17, 15) is 13.2 Å². The number of carbonyl (C=O) groups excluding carboxylic acids is 1. The topological polar surface area (TPSA) is 75.3 Å². The van der Waals surface area contributed by atoms with Crippen molar-refractivity contribution in [3.05, 3.63) is 95.0 Å². The Bertz CT molecular complexity index is 1070. The number of carbonyl (C=O) groups is 1. The molecule has 29 heavy (non-hydrogen) atoms. The zero-order valence-corrected chi connectivity index (χ0v) is 17.4. The van der Waals surface area contributed by atoms with Crippen LogP contribution in [0.2, 0.25) is 5.02 Å². The first-order valence-corrected chi connectivity index (χ1v) is 10.9. The fourth-order valence-corrected chi connectivity index (χ4v) is 4.16. The number of hydrogen-bond donors (Lipinski definition) is 2. The number of amides is 1. The minimum atomic E-state index is -3.82. The summed E-state index contributed by atoms with van der Waals surface area (Å²) in [6.45, 7) is 1.88. The van der Waals surface area contributed by atoms with Gasteiger partial charge in [-0.15, -0.1) is 0 Å². The van der Waals surface area contributed by atoms with Crippen LogP contribution in [0.25, 0.3) is 0 Å². The summed E-state index contributed by atoms with van der Waals surface area (Å²) in [5, 5.41) is 3.32. The molecule has 1 amide bonds. The maximum absolute atomic E-state index is 12.9. The second-order valence-electron chi connectivity index (χ2n) is 6.66. The first kappa shape index (κ1) is 21.0. The molecule has 0 bridgehead atoms. The SMILES string of the molecule is Cc1ccc(S(=O)(=O)NC(CC(=O)Nc2ccccc2)c2ccc(Cl)cc2)cc1. The molecule has 0 aliphatic heterocycles. The van der Waals surface area contributed by atoms with Crippen molar-refractivity contribution in [1.82, 2.24) is 4.72 Å². The molecule has 0 aromatic heterocycles. The number of rotatable bonds is 7. The third-order valence-corrected chi connectivity index (χ3v) is 6.09. The molecule has 0 fully saturated rings. The van der Waals surface area contributed by atoms with Gasteiger partial charge in [0.2, 0.25) is 15.9 Å². The second kappa shape index (κ2) is 9.22. The van der Waals surface area contributed by atoms with Crippen LogP contribution in [-0.2, 0) is 14.8 Å². The van der Waals surface area contributed by atoms with E-state index in [-0.39, 0.29) is 17.2 Å². The zero-order chi connectivity index (χ0) is 20.9. The van der Waals surface area contributed by atoms with E-state index >= 15 is 0 Å². The quantitative estimate of drug-likeness (QED) is 0.572. The summed E-state index contributed by atoms with van der Waals surface area (Å²) in [6.07, 6.45) is -0.0678. The third kappa shape index (κ3) is 5.90. The minimum Gasteiger partial charge on any atom is -0.326 e. The van der Waals surface area contributed by atoms with Crippen LogP contribution in [0, 0.1) is 6.92 Å². The fraction of sp³-hybridized carbons (Fsp3) is 0.136. The summed E-state index contributed by atoms with van der Waals surface area (Å²) in [7, 11) is -3.82. The second-order valence-corrected chi connectivity index (χ2v) is 8.81. The van der Waals surface area contributed by atoms with E-state index in [0.29, 0.717) is 16.3 Å². The Morgan fingerprint density at radius 1 is 0.931 bits per heavy atom. The number of para-hydroxylation sites is 1. The van der Waals surface area contributed by atoms with Gasteiger partial charge in [0.1, 0.15) is 0 Å². The smallest absolute Gasteiger partial charge is 0.241 e. The van der Waals surface area contributed by atoms with Gasteiger partial charge in [-0.1, -0.05) is 59.6 Å². The Morgan fingerprint density at radius 2 is 1.55 bits per heavy atom. The van der Waals surface area contributed by atoms with Gasteiger partial charge in [-0.05, 0) is 48.9 Å². The number of nitrogens with one attached hydrogen (secondary N) is 2. The average molecular weight is 429 g/mol. The summed E-state index contributed by atoms with van der Waals surface area (Å²) in [5.41, 5.74) is 2.25. The van der Waals surface area contributed by atoms with Gasteiger partial charge in [0.05, 0.1) is 10.9 Å². The lowest BCUT2D eigenvalue weighted by Crippen LogP contribution is -2.31. The minimum absolute atomic E-state index is 0.0678. The molecule has 3 aromatic carbocycles. The Morgan fingerprint density at radius 3 is 2.17 bits per heavy atom. The Labute approximate surface area is 175 Å². The van der Waals surface area contributed by atoms with Crippen LogP contribution >= 0.6 is 11.6 Å². The molecular formula is C22H21ClN2O3S. The molecule has 0 saturated heterocycles. The molecule has 0 aliphatic carbocycles. The largest absolute Gasteiger partial charge is 0.326 e. The van der Waals surface area contributed by atoms with Crippen molar-refractivity contribution in [3.8, 4) is 0 Å². The molecule has 0 saturated carbocycles. The molecule has 1 atom stereocenters. The molecule has 0 radical (unpaired) electrons. The lowest BCUT2D eigenvalue weighted by atomic mass is 10.0. The van der Waals surface area contributed by atoms with Gasteiger partial charge in [-0.3, -0.25) is 4.79 Å². The monoisotopic (exact) mass is 428 g/mol. The molecule has 3 rings (SSSR count). The van der Waals surface area contributed by atoms with Crippen LogP contribution in [0.4, 0.5) is 5.69 Å². The van der Waals surface area contributed by atoms with Crippen LogP contribution in [0.3, 0.4) is 0 Å². The van der Waals surface area contributed by atoms with Gasteiger partial charge in [-0.25, -0.2) is 13.1 Å². The van der Waals surface area contributed by atoms with E-state index in [1.54, 1.807) is 60.7 Å². The van der Waals surface area contributed by atoms with E-state index in [2.05, 4.69) is 10.0 Å². The highest BCUT2D eigenvalue weighted by atomic mass is 35.5. The first-order chi connectivity index (χ1) is 13.8. The first-order valence-electron chi connectivity index (χ1n) is 9.03. The van der Waals surface area contributed by atoms with Gasteiger partial charge >= 0.3 is 0 Å². The van der Waals surface area contributed by atoms with Crippen molar-refractivity contribution in [2.45, 2.75) is 24.3 Å². The summed E-state index contributed by atoms with van der Waals surface area (Å²) in [6, 6.07) is 21.6. The standard InChI is InChI=1S/C22H21ClN2O3S/c1-16-7-13-20(14-8-16)29(27,28)25-21(17-9-11-18(23)12-10-17)15-22(26)24-19-5-3-2-4-6-19/h2-14,21,25H,15H2,1H3,(H,24,26). The predicted molar refractivity (Wildman–Crippen MR) is 115 cm³/mol. The molecule has 7 heteroatoms. The molecule has 2 N–H and O–H groups in total. The molecule has 0 aliphatic rings. The number of sulfonamides is 1. The Kier molecular flexibility index (Phi) is 6.69. The number of aryl methyl sites for hydroxylation is 1. The number of halogens is 1. The van der Waals surface area contributed by atoms with Crippen molar-refractivity contribution in [2.75, 3.05) is 5.32 Å². The van der Waals surface area contributed by atoms with Crippen molar-refractivity contribution in [1.29, 1.82) is 0 Å². The van der Waals surface area contributed by atoms with Crippen LogP contribution < -0.4 is 10.0 Å². The molecule has 0 heterocycles. The maximum atomic E-state index is 12.9. The Balaban J connectivity index is 1.83. The van der Waals surface area contributed by atoms with Crippen molar-refractivity contribution in [3.63, 3.8) is 0 Å². The lowest BCUT2D eigenvalue weighted by Gasteiger charge is -2.19. The van der Waals surface area contributed by atoms with Gasteiger partial charge in [-0.2, -0.15) is 0 Å². The summed E-state index contributed by atoms with van der Waals surface area (Å²) < 4.78 is 28.4. The third-order valence-electron chi connectivity index (χ3n) is 4.35. The number of benzene rings is 3. The molecule has 3 aromatic rings. The summed E-state index contributed by atoms with van der Waals surface area (Å²) in [5.74, 6) is -0.303. The highest BCUT2D eigenvalue weighted by Crippen LogP contribution is 2.23. The molecule has 1 unspecified atom stereocenters. The molecule has 5 nitrogen and oxygen atoms in total. The fourth-order valence-electron chi connectivity index (χ4n) is 2.81. The summed E-state index contributed by atoms with van der Waals surface area (Å²) >= 11 is 5.96. The van der Waals surface area contributed by atoms with Gasteiger partial charge in [0.15, 0.2) is 0 Å². The van der Waals surface area contributed by atoms with Crippen molar-refractivity contribution in [2.24, 2.45) is 0 Å². The number of anilines is 1. The maximum Gasteiger partial charge on any atom is 0.241 e. The van der Waals surface area contributed by atoms with Gasteiger partial charge < -0.3 is 5.32 Å². The van der Waals surface area contributed by atoms with E-state index < -0.39 is 16.1 Å². The number of hydrogen-bond acceptors (Lipinski definition) is 3. The molecular weight excluding hydrogens is 408 g/mol. The van der Waals surface area contributed by atoms with E-state index in [1.807, 2.05) is 25.1 Å². The Hall–Kier alpha value is -2.67. The molecule has 0 spiro atoms. The van der Waals surface area contributed by atoms with Crippen LogP contribution in [0.15, 0.2) is 83.8 Å². The zero-order valence-electron chi connectivity index (χ0n) is 15.8. The highest BCUT2D eigenvalue weighted by Gasteiger charge is 2.24. The van der Waals surface area contributed by atoms with Gasteiger partial charge in [0, 0.05) is 17.1 Å². The predicted octanol–water partition coefficient (Wildman–Crippen LogP) is 4.70. The van der Waals surface area contributed by atoms with Crippen molar-refractivity contribution < 1.29 is 13.2 Å². The lowest BCUT2D eigenvalue weighted by molar-refractivity contribution is -0.116. The normalized spacial score (nSPS) is 12.3. The highest BCUT2D eigenvalue weighted by molar-refractivity contribution is 7.89. The average Bonchev–Trinajstić information content (AvgIpc) is 2.69.